The Bertz CT molecular complexity index is 930. The summed E-state index contributed by atoms with van der Waals surface area (Å²) in [7, 11) is 0. The monoisotopic (exact) mass is 648 g/mol. The van der Waals surface area contributed by atoms with Gasteiger partial charge in [-0.2, -0.15) is 0 Å². The number of amides is 2. The Balaban J connectivity index is 0. The number of rotatable bonds is 18. The van der Waals surface area contributed by atoms with Gasteiger partial charge in [0.2, 0.25) is 12.6 Å². The maximum atomic E-state index is 12.0. The minimum atomic E-state index is -0.976. The van der Waals surface area contributed by atoms with E-state index in [1.807, 2.05) is 34.6 Å². The SMILES string of the molecule is CC(=O)OC(C)OC(=O)NCC(CC(=O)O)CC(C)C.CCCC(OC(=O)NCC(CC(=O)O)CC(C)C)OC(=O)C(C)(C)C. The van der Waals surface area contributed by atoms with Crippen LogP contribution in [0.1, 0.15) is 108 Å². The molecule has 0 saturated carbocycles. The minimum Gasteiger partial charge on any atom is -0.481 e. The molecular formula is C31H56N2O12. The van der Waals surface area contributed by atoms with Gasteiger partial charge in [0.05, 0.1) is 5.41 Å². The lowest BCUT2D eigenvalue weighted by Gasteiger charge is -2.23. The molecule has 0 fully saturated rings. The molecule has 4 atom stereocenters. The first-order valence-electron chi connectivity index (χ1n) is 15.4. The molecule has 262 valence electrons. The normalized spacial score (nSPS) is 13.7. The molecule has 0 aliphatic carbocycles. The number of nitrogens with one attached hydrogen (secondary N) is 2. The lowest BCUT2D eigenvalue weighted by Crippen LogP contribution is -2.37. The van der Waals surface area contributed by atoms with E-state index < -0.39 is 54.1 Å². The van der Waals surface area contributed by atoms with Gasteiger partial charge in [-0.3, -0.25) is 19.2 Å². The van der Waals surface area contributed by atoms with E-state index in [0.29, 0.717) is 37.5 Å². The highest BCUT2D eigenvalue weighted by atomic mass is 16.7. The van der Waals surface area contributed by atoms with Crippen molar-refractivity contribution in [2.45, 2.75) is 120 Å². The van der Waals surface area contributed by atoms with E-state index in [0.717, 1.165) is 0 Å². The largest absolute Gasteiger partial charge is 0.481 e. The fraction of sp³-hybridized carbons (Fsp3) is 0.806. The number of hydrogen-bond donors (Lipinski definition) is 4. The van der Waals surface area contributed by atoms with Gasteiger partial charge in [-0.15, -0.1) is 0 Å². The lowest BCUT2D eigenvalue weighted by atomic mass is 9.94. The van der Waals surface area contributed by atoms with Crippen molar-refractivity contribution >= 4 is 36.1 Å². The fourth-order valence-electron chi connectivity index (χ4n) is 4.05. The van der Waals surface area contributed by atoms with Crippen LogP contribution in [-0.2, 0) is 38.1 Å². The van der Waals surface area contributed by atoms with E-state index in [9.17, 15) is 28.8 Å². The highest BCUT2D eigenvalue weighted by Crippen LogP contribution is 2.19. The second-order valence-corrected chi connectivity index (χ2v) is 12.8. The van der Waals surface area contributed by atoms with E-state index in [2.05, 4.69) is 15.4 Å². The van der Waals surface area contributed by atoms with E-state index in [1.54, 1.807) is 20.8 Å². The van der Waals surface area contributed by atoms with Crippen LogP contribution < -0.4 is 10.6 Å². The molecule has 0 aromatic heterocycles. The summed E-state index contributed by atoms with van der Waals surface area (Å²) in [5, 5.41) is 22.8. The summed E-state index contributed by atoms with van der Waals surface area (Å²) in [5.41, 5.74) is -0.685. The van der Waals surface area contributed by atoms with Crippen LogP contribution in [0.15, 0.2) is 0 Å². The average Bonchev–Trinajstić information content (AvgIpc) is 2.84. The molecule has 0 bridgehead atoms. The zero-order valence-corrected chi connectivity index (χ0v) is 28.6. The quantitative estimate of drug-likeness (QED) is 0.110. The Morgan fingerprint density at radius 3 is 1.44 bits per heavy atom. The third-order valence-electron chi connectivity index (χ3n) is 5.82. The number of aliphatic carboxylic acids is 2. The summed E-state index contributed by atoms with van der Waals surface area (Å²) < 4.78 is 19.8. The molecule has 14 nitrogen and oxygen atoms in total. The van der Waals surface area contributed by atoms with Crippen LogP contribution in [-0.4, -0.2) is 71.9 Å². The molecule has 0 heterocycles. The maximum absolute atomic E-state index is 12.0. The standard InChI is InChI=1S/C18H33NO6.C13H23NO6/c1-7-8-15(24-16(22)18(4,5)6)25-17(23)19-11-13(9-12(2)3)10-14(20)21;1-8(2)5-11(6-12(16)17)7-14-13(18)20-10(4)19-9(3)15/h12-13,15H,7-11H2,1-6H3,(H,19,23)(H,20,21);8,10-11H,5-7H2,1-4H3,(H,14,18)(H,16,17). The number of hydrogen-bond acceptors (Lipinski definition) is 10. The lowest BCUT2D eigenvalue weighted by molar-refractivity contribution is -0.178. The molecule has 0 aliphatic heterocycles. The molecule has 2 amide bonds. The smallest absolute Gasteiger partial charge is 0.410 e. The number of carboxylic acids is 2. The average molecular weight is 649 g/mol. The summed E-state index contributed by atoms with van der Waals surface area (Å²) in [6, 6.07) is 0. The summed E-state index contributed by atoms with van der Waals surface area (Å²) in [6.45, 7) is 18.1. The number of esters is 2. The number of carboxylic acid groups (broad SMARTS) is 2. The van der Waals surface area contributed by atoms with Crippen molar-refractivity contribution in [3.8, 4) is 0 Å². The van der Waals surface area contributed by atoms with Gasteiger partial charge in [-0.1, -0.05) is 34.6 Å². The second kappa shape index (κ2) is 22.9. The van der Waals surface area contributed by atoms with Gasteiger partial charge >= 0.3 is 36.1 Å². The maximum Gasteiger partial charge on any atom is 0.410 e. The fourth-order valence-corrected chi connectivity index (χ4v) is 4.05. The number of carbonyl (C=O) groups excluding carboxylic acids is 4. The van der Waals surface area contributed by atoms with Gasteiger partial charge in [-0.05, 0) is 63.7 Å². The van der Waals surface area contributed by atoms with Crippen LogP contribution >= 0.6 is 0 Å². The second-order valence-electron chi connectivity index (χ2n) is 12.8. The first-order valence-corrected chi connectivity index (χ1v) is 15.4. The van der Waals surface area contributed by atoms with Crippen LogP contribution in [0.2, 0.25) is 0 Å². The van der Waals surface area contributed by atoms with Crippen molar-refractivity contribution in [2.24, 2.45) is 29.1 Å². The van der Waals surface area contributed by atoms with Gasteiger partial charge in [-0.25, -0.2) is 9.59 Å². The van der Waals surface area contributed by atoms with Crippen molar-refractivity contribution in [1.29, 1.82) is 0 Å². The van der Waals surface area contributed by atoms with E-state index in [-0.39, 0.29) is 37.8 Å². The molecule has 0 spiro atoms. The topological polar surface area (TPSA) is 204 Å². The predicted molar refractivity (Wildman–Crippen MR) is 165 cm³/mol. The Hall–Kier alpha value is -3.58. The van der Waals surface area contributed by atoms with E-state index >= 15 is 0 Å². The molecule has 0 radical (unpaired) electrons. The molecular weight excluding hydrogens is 592 g/mol. The number of carbonyl (C=O) groups is 6. The van der Waals surface area contributed by atoms with Gasteiger partial charge in [0.1, 0.15) is 0 Å². The number of alkyl carbamates (subject to hydrolysis) is 2. The van der Waals surface area contributed by atoms with Crippen LogP contribution in [0, 0.1) is 29.1 Å². The van der Waals surface area contributed by atoms with Crippen LogP contribution in [0.3, 0.4) is 0 Å². The zero-order chi connectivity index (χ0) is 35.3. The summed E-state index contributed by atoms with van der Waals surface area (Å²) >= 11 is 0. The third-order valence-corrected chi connectivity index (χ3v) is 5.82. The van der Waals surface area contributed by atoms with E-state index in [1.165, 1.54) is 13.8 Å². The molecule has 0 aliphatic rings. The molecule has 4 N–H and O–H groups in total. The molecule has 0 aromatic carbocycles. The van der Waals surface area contributed by atoms with Gasteiger partial charge in [0, 0.05) is 46.2 Å². The molecule has 14 heteroatoms. The van der Waals surface area contributed by atoms with Crippen LogP contribution in [0.5, 0.6) is 0 Å². The van der Waals surface area contributed by atoms with Crippen molar-refractivity contribution in [1.82, 2.24) is 10.6 Å². The van der Waals surface area contributed by atoms with Crippen LogP contribution in [0.25, 0.3) is 0 Å². The van der Waals surface area contributed by atoms with Crippen molar-refractivity contribution < 1.29 is 57.9 Å². The zero-order valence-electron chi connectivity index (χ0n) is 28.6. The first-order chi connectivity index (χ1) is 20.7. The van der Waals surface area contributed by atoms with Gasteiger partial charge in [0.25, 0.3) is 0 Å². The van der Waals surface area contributed by atoms with Crippen LogP contribution in [0.4, 0.5) is 9.59 Å². The van der Waals surface area contributed by atoms with Gasteiger partial charge < -0.3 is 39.8 Å². The summed E-state index contributed by atoms with van der Waals surface area (Å²) in [6.07, 6.45) is -0.943. The Morgan fingerprint density at radius 1 is 0.689 bits per heavy atom. The van der Waals surface area contributed by atoms with Crippen molar-refractivity contribution in [3.63, 3.8) is 0 Å². The highest BCUT2D eigenvalue weighted by Gasteiger charge is 2.28. The summed E-state index contributed by atoms with van der Waals surface area (Å²) in [4.78, 5) is 67.6. The molecule has 45 heavy (non-hydrogen) atoms. The first kappa shape index (κ1) is 43.5. The Labute approximate surface area is 267 Å². The van der Waals surface area contributed by atoms with Gasteiger partial charge in [0.15, 0.2) is 0 Å². The van der Waals surface area contributed by atoms with Crippen molar-refractivity contribution in [2.75, 3.05) is 13.1 Å². The summed E-state index contributed by atoms with van der Waals surface area (Å²) in [5.74, 6) is -2.48. The molecule has 0 aromatic rings. The Kier molecular flexibility index (Phi) is 22.1. The Morgan fingerprint density at radius 2 is 1.11 bits per heavy atom. The minimum absolute atomic E-state index is 0.0159. The van der Waals surface area contributed by atoms with Crippen molar-refractivity contribution in [3.05, 3.63) is 0 Å². The third kappa shape index (κ3) is 26.5. The molecule has 4 unspecified atom stereocenters. The molecule has 0 rings (SSSR count). The highest BCUT2D eigenvalue weighted by molar-refractivity contribution is 5.76. The predicted octanol–water partition coefficient (Wildman–Crippen LogP) is 5.32. The van der Waals surface area contributed by atoms with E-state index in [4.69, 9.17) is 24.4 Å². The number of ether oxygens (including phenoxy) is 4. The molecule has 0 saturated heterocycles.